The lowest BCUT2D eigenvalue weighted by Crippen LogP contribution is -2.36. The normalized spacial score (nSPS) is 32.9. The molecule has 2 aliphatic rings. The highest BCUT2D eigenvalue weighted by atomic mass is 16.2. The molecule has 0 bridgehead atoms. The van der Waals surface area contributed by atoms with E-state index in [-0.39, 0.29) is 29.3 Å². The zero-order chi connectivity index (χ0) is 13.3. The highest BCUT2D eigenvalue weighted by molar-refractivity contribution is 6.58. The summed E-state index contributed by atoms with van der Waals surface area (Å²) >= 11 is 0. The van der Waals surface area contributed by atoms with Crippen LogP contribution in [0, 0.1) is 17.8 Å². The molecule has 0 N–H and O–H groups in total. The van der Waals surface area contributed by atoms with Gasteiger partial charge in [0.1, 0.15) is 0 Å². The summed E-state index contributed by atoms with van der Waals surface area (Å²) in [5, 5.41) is 0. The zero-order valence-corrected chi connectivity index (χ0v) is 11.1. The molecular formula is C13H20BNO3. The number of nitrogens with zero attached hydrogens (tertiary/aromatic N) is 1. The fraction of sp³-hybridized carbons (Fsp3) is 0.769. The van der Waals surface area contributed by atoms with Crippen molar-refractivity contribution in [2.45, 2.75) is 39.0 Å². The molecule has 1 unspecified atom stereocenters. The second-order valence-electron chi connectivity index (χ2n) is 5.78. The first kappa shape index (κ1) is 13.3. The molecule has 1 saturated carbocycles. The summed E-state index contributed by atoms with van der Waals surface area (Å²) in [5.41, 5.74) is 0.274. The van der Waals surface area contributed by atoms with Crippen LogP contribution in [0.1, 0.15) is 39.0 Å². The Morgan fingerprint density at radius 3 is 2.33 bits per heavy atom. The van der Waals surface area contributed by atoms with Crippen LogP contribution < -0.4 is 0 Å². The summed E-state index contributed by atoms with van der Waals surface area (Å²) in [5.74, 6) is 0.393. The average molecular weight is 249 g/mol. The molecular weight excluding hydrogens is 229 g/mol. The molecule has 1 saturated heterocycles. The largest absolute Gasteiger partial charge is 0.312 e. The first-order valence-electron chi connectivity index (χ1n) is 6.83. The van der Waals surface area contributed by atoms with E-state index in [9.17, 15) is 14.4 Å². The molecule has 2 rings (SSSR count). The third kappa shape index (κ3) is 2.65. The minimum Gasteiger partial charge on any atom is -0.312 e. The van der Waals surface area contributed by atoms with Crippen LogP contribution in [0.4, 0.5) is 0 Å². The van der Waals surface area contributed by atoms with Gasteiger partial charge in [0.15, 0.2) is 7.85 Å². The van der Waals surface area contributed by atoms with Gasteiger partial charge in [0.05, 0.1) is 5.68 Å². The van der Waals surface area contributed by atoms with Crippen LogP contribution in [-0.2, 0) is 14.4 Å². The van der Waals surface area contributed by atoms with Gasteiger partial charge in [-0.2, -0.15) is 0 Å². The Balaban J connectivity index is 1.87. The number of rotatable bonds is 3. The molecule has 0 spiro atoms. The Morgan fingerprint density at radius 1 is 1.28 bits per heavy atom. The lowest BCUT2D eigenvalue weighted by molar-refractivity contribution is -0.140. The fourth-order valence-corrected chi connectivity index (χ4v) is 3.05. The van der Waals surface area contributed by atoms with Gasteiger partial charge in [-0.15, -0.1) is 0 Å². The number of hydrogen-bond donors (Lipinski definition) is 0. The SMILES string of the molecule is BC(=O)C1CCC(CN2C(=O)CC(C)C2=O)CC1. The zero-order valence-electron chi connectivity index (χ0n) is 11.1. The Labute approximate surface area is 109 Å². The Hall–Kier alpha value is -1.13. The molecule has 0 aromatic rings. The van der Waals surface area contributed by atoms with E-state index in [4.69, 9.17) is 0 Å². The van der Waals surface area contributed by atoms with E-state index in [2.05, 4.69) is 0 Å². The standard InChI is InChI=1S/C13H20BNO3/c1-8-6-11(16)15(13(8)18)7-9-2-4-10(5-3-9)12(14)17/h8-10H,2-7,14H2,1H3. The van der Waals surface area contributed by atoms with Crippen molar-refractivity contribution in [3.05, 3.63) is 0 Å². The molecule has 98 valence electrons. The predicted molar refractivity (Wildman–Crippen MR) is 69.5 cm³/mol. The highest BCUT2D eigenvalue weighted by Gasteiger charge is 2.37. The molecule has 1 atom stereocenters. The van der Waals surface area contributed by atoms with Crippen LogP contribution in [0.15, 0.2) is 0 Å². The minimum absolute atomic E-state index is 0.0197. The number of imide groups is 1. The predicted octanol–water partition coefficient (Wildman–Crippen LogP) is 0.347. The van der Waals surface area contributed by atoms with Gasteiger partial charge in [-0.25, -0.2) is 0 Å². The summed E-state index contributed by atoms with van der Waals surface area (Å²) in [4.78, 5) is 36.2. The van der Waals surface area contributed by atoms with Crippen molar-refractivity contribution in [3.63, 3.8) is 0 Å². The van der Waals surface area contributed by atoms with Gasteiger partial charge in [0.25, 0.3) is 0 Å². The second-order valence-corrected chi connectivity index (χ2v) is 5.78. The van der Waals surface area contributed by atoms with Crippen molar-refractivity contribution >= 4 is 25.3 Å². The van der Waals surface area contributed by atoms with Gasteiger partial charge in [-0.3, -0.25) is 14.5 Å². The van der Waals surface area contributed by atoms with E-state index in [1.54, 1.807) is 7.85 Å². The maximum Gasteiger partial charge on any atom is 0.232 e. The van der Waals surface area contributed by atoms with E-state index in [1.165, 1.54) is 4.90 Å². The molecule has 2 fully saturated rings. The van der Waals surface area contributed by atoms with E-state index in [0.717, 1.165) is 25.7 Å². The molecule has 0 aromatic heterocycles. The van der Waals surface area contributed by atoms with Crippen LogP contribution in [0.5, 0.6) is 0 Å². The van der Waals surface area contributed by atoms with E-state index < -0.39 is 0 Å². The van der Waals surface area contributed by atoms with Gasteiger partial charge in [0, 0.05) is 24.8 Å². The lowest BCUT2D eigenvalue weighted by Gasteiger charge is -2.29. The molecule has 1 heterocycles. The number of carbonyl (C=O) groups is 3. The number of likely N-dealkylation sites (tertiary alicyclic amines) is 1. The van der Waals surface area contributed by atoms with Gasteiger partial charge in [-0.1, -0.05) is 6.92 Å². The maximum absolute atomic E-state index is 11.8. The fourth-order valence-electron chi connectivity index (χ4n) is 3.05. The van der Waals surface area contributed by atoms with Crippen molar-refractivity contribution in [1.29, 1.82) is 0 Å². The van der Waals surface area contributed by atoms with Crippen molar-refractivity contribution in [1.82, 2.24) is 4.90 Å². The van der Waals surface area contributed by atoms with E-state index in [1.807, 2.05) is 6.92 Å². The monoisotopic (exact) mass is 249 g/mol. The van der Waals surface area contributed by atoms with Crippen LogP contribution in [0.3, 0.4) is 0 Å². The summed E-state index contributed by atoms with van der Waals surface area (Å²) in [6.07, 6.45) is 4.09. The Bertz CT molecular complexity index is 374. The van der Waals surface area contributed by atoms with Crippen molar-refractivity contribution in [2.75, 3.05) is 6.54 Å². The molecule has 2 amide bonds. The third-order valence-electron chi connectivity index (χ3n) is 4.33. The minimum atomic E-state index is -0.147. The van der Waals surface area contributed by atoms with Gasteiger partial charge in [0.2, 0.25) is 11.8 Å². The Kier molecular flexibility index (Phi) is 3.88. The molecule has 0 aromatic carbocycles. The smallest absolute Gasteiger partial charge is 0.232 e. The Morgan fingerprint density at radius 2 is 1.89 bits per heavy atom. The summed E-state index contributed by atoms with van der Waals surface area (Å²) < 4.78 is 0. The number of carbonyl (C=O) groups excluding carboxylic acids is 3. The van der Waals surface area contributed by atoms with Crippen LogP contribution in [-0.4, -0.2) is 36.8 Å². The van der Waals surface area contributed by atoms with Gasteiger partial charge in [-0.05, 0) is 31.6 Å². The molecule has 18 heavy (non-hydrogen) atoms. The number of amides is 2. The van der Waals surface area contributed by atoms with Gasteiger partial charge >= 0.3 is 0 Å². The highest BCUT2D eigenvalue weighted by Crippen LogP contribution is 2.31. The maximum atomic E-state index is 11.8. The van der Waals surface area contributed by atoms with Gasteiger partial charge < -0.3 is 4.79 Å². The van der Waals surface area contributed by atoms with E-state index >= 15 is 0 Å². The van der Waals surface area contributed by atoms with Crippen LogP contribution in [0.2, 0.25) is 0 Å². The first-order valence-corrected chi connectivity index (χ1v) is 6.83. The first-order chi connectivity index (χ1) is 8.49. The summed E-state index contributed by atoms with van der Waals surface area (Å²) in [6.45, 7) is 2.37. The lowest BCUT2D eigenvalue weighted by atomic mass is 9.75. The molecule has 4 nitrogen and oxygen atoms in total. The molecule has 5 heteroatoms. The van der Waals surface area contributed by atoms with Crippen molar-refractivity contribution in [3.8, 4) is 0 Å². The number of hydrogen-bond acceptors (Lipinski definition) is 3. The quantitative estimate of drug-likeness (QED) is 0.535. The van der Waals surface area contributed by atoms with Crippen LogP contribution >= 0.6 is 0 Å². The third-order valence-corrected chi connectivity index (χ3v) is 4.33. The van der Waals surface area contributed by atoms with Crippen molar-refractivity contribution in [2.24, 2.45) is 17.8 Å². The van der Waals surface area contributed by atoms with Crippen LogP contribution in [0.25, 0.3) is 0 Å². The molecule has 1 aliphatic carbocycles. The summed E-state index contributed by atoms with van der Waals surface area (Å²) in [7, 11) is 1.65. The second kappa shape index (κ2) is 5.25. The molecule has 0 radical (unpaired) electrons. The van der Waals surface area contributed by atoms with E-state index in [0.29, 0.717) is 18.9 Å². The topological polar surface area (TPSA) is 54.5 Å². The summed E-state index contributed by atoms with van der Waals surface area (Å²) in [6, 6.07) is 0. The molecule has 1 aliphatic heterocycles. The average Bonchev–Trinajstić information content (AvgIpc) is 2.57. The van der Waals surface area contributed by atoms with Crippen molar-refractivity contribution < 1.29 is 14.4 Å².